The zero-order valence-corrected chi connectivity index (χ0v) is 18.5. The summed E-state index contributed by atoms with van der Waals surface area (Å²) >= 11 is 0. The van der Waals surface area contributed by atoms with Crippen LogP contribution >= 0.6 is 0 Å². The van der Waals surface area contributed by atoms with Gasteiger partial charge in [0, 0.05) is 11.3 Å². The van der Waals surface area contributed by atoms with Crippen molar-refractivity contribution in [1.82, 2.24) is 0 Å². The van der Waals surface area contributed by atoms with E-state index in [2.05, 4.69) is 0 Å². The van der Waals surface area contributed by atoms with Gasteiger partial charge in [0.05, 0.1) is 25.3 Å². The molecule has 0 bridgehead atoms. The summed E-state index contributed by atoms with van der Waals surface area (Å²) in [6.45, 7) is 0.642. The van der Waals surface area contributed by atoms with Crippen molar-refractivity contribution in [3.63, 3.8) is 0 Å². The molecule has 3 aromatic rings. The largest absolute Gasteiger partial charge is 0.508 e. The lowest BCUT2D eigenvalue weighted by molar-refractivity contribution is -0.132. The second-order valence-electron chi connectivity index (χ2n) is 8.24. The lowest BCUT2D eigenvalue weighted by atomic mass is 9.93. The lowest BCUT2D eigenvalue weighted by Crippen LogP contribution is -2.29. The molecule has 2 aliphatic rings. The number of benzene rings is 3. The van der Waals surface area contributed by atoms with E-state index in [4.69, 9.17) is 9.47 Å². The number of hydrogen-bond acceptors (Lipinski definition) is 6. The first-order chi connectivity index (χ1) is 16.5. The van der Waals surface area contributed by atoms with Crippen LogP contribution in [0.2, 0.25) is 0 Å². The second kappa shape index (κ2) is 8.59. The Morgan fingerprint density at radius 1 is 1.06 bits per heavy atom. The number of nitrogens with zero attached hydrogens (tertiary/aromatic N) is 1. The lowest BCUT2D eigenvalue weighted by Gasteiger charge is -2.26. The van der Waals surface area contributed by atoms with Crippen molar-refractivity contribution in [3.8, 4) is 17.2 Å². The van der Waals surface area contributed by atoms with Gasteiger partial charge in [-0.25, -0.2) is 0 Å². The molecule has 1 saturated heterocycles. The number of carbonyl (C=O) groups excluding carboxylic acids is 2. The summed E-state index contributed by atoms with van der Waals surface area (Å²) in [5, 5.41) is 21.4. The van der Waals surface area contributed by atoms with E-state index in [0.717, 1.165) is 24.2 Å². The molecule has 2 N–H and O–H groups in total. The van der Waals surface area contributed by atoms with Crippen LogP contribution in [0.5, 0.6) is 17.2 Å². The SMILES string of the molecule is COc1ccc(N2C(=O)C(=O)/C(=C(\O)c3ccc4c(c3)CCCO4)C2c2cccc(O)c2)cc1. The number of phenols is 1. The number of amides is 1. The van der Waals surface area contributed by atoms with E-state index in [1.54, 1.807) is 54.6 Å². The third-order valence-electron chi connectivity index (χ3n) is 6.16. The maximum absolute atomic E-state index is 13.3. The molecule has 0 aromatic heterocycles. The highest BCUT2D eigenvalue weighted by molar-refractivity contribution is 6.51. The Morgan fingerprint density at radius 3 is 2.59 bits per heavy atom. The molecule has 7 heteroatoms. The average Bonchev–Trinajstić information content (AvgIpc) is 3.13. The van der Waals surface area contributed by atoms with Gasteiger partial charge in [0.25, 0.3) is 11.7 Å². The molecular formula is C27H23NO6. The maximum Gasteiger partial charge on any atom is 0.300 e. The number of Topliss-reactive ketones (excluding diaryl/α,β-unsaturated/α-hetero) is 1. The first-order valence-corrected chi connectivity index (χ1v) is 11.0. The summed E-state index contributed by atoms with van der Waals surface area (Å²) in [6.07, 6.45) is 1.66. The van der Waals surface area contributed by atoms with E-state index in [1.165, 1.54) is 24.1 Å². The van der Waals surface area contributed by atoms with Gasteiger partial charge in [0.15, 0.2) is 0 Å². The summed E-state index contributed by atoms with van der Waals surface area (Å²) < 4.78 is 10.9. The molecule has 2 heterocycles. The number of hydrogen-bond donors (Lipinski definition) is 2. The van der Waals surface area contributed by atoms with Crippen molar-refractivity contribution in [2.24, 2.45) is 0 Å². The Kier molecular flexibility index (Phi) is 5.45. The van der Waals surface area contributed by atoms with Crippen LogP contribution in [0.1, 0.15) is 29.2 Å². The van der Waals surface area contributed by atoms with E-state index >= 15 is 0 Å². The van der Waals surface area contributed by atoms with Gasteiger partial charge >= 0.3 is 0 Å². The van der Waals surface area contributed by atoms with Gasteiger partial charge in [-0.2, -0.15) is 0 Å². The molecule has 1 unspecified atom stereocenters. The minimum Gasteiger partial charge on any atom is -0.508 e. The standard InChI is InChI=1S/C27H23NO6/c1-33-21-10-8-19(9-11-21)28-24(17-4-2-6-20(29)15-17)23(26(31)27(28)32)25(30)18-7-12-22-16(14-18)5-3-13-34-22/h2,4,6-12,14-15,24,29-30H,3,5,13H2,1H3/b25-23-. The van der Waals surface area contributed by atoms with Gasteiger partial charge in [-0.05, 0) is 78.6 Å². The number of aryl methyl sites for hydroxylation is 1. The minimum absolute atomic E-state index is 0.0104. The highest BCUT2D eigenvalue weighted by atomic mass is 16.5. The molecular weight excluding hydrogens is 434 g/mol. The first kappa shape index (κ1) is 21.6. The average molecular weight is 457 g/mol. The van der Waals surface area contributed by atoms with E-state index in [9.17, 15) is 19.8 Å². The fourth-order valence-corrected chi connectivity index (χ4v) is 4.52. The topological polar surface area (TPSA) is 96.3 Å². The third-order valence-corrected chi connectivity index (χ3v) is 6.16. The second-order valence-corrected chi connectivity index (χ2v) is 8.24. The van der Waals surface area contributed by atoms with E-state index < -0.39 is 17.7 Å². The first-order valence-electron chi connectivity index (χ1n) is 11.0. The monoisotopic (exact) mass is 457 g/mol. The van der Waals surface area contributed by atoms with Crippen LogP contribution in [-0.4, -0.2) is 35.6 Å². The van der Waals surface area contributed by atoms with Crippen LogP contribution in [-0.2, 0) is 16.0 Å². The Balaban J connectivity index is 1.68. The quantitative estimate of drug-likeness (QED) is 0.344. The van der Waals surface area contributed by atoms with Crippen molar-refractivity contribution in [3.05, 3.63) is 89.0 Å². The van der Waals surface area contributed by atoms with Crippen molar-refractivity contribution in [2.75, 3.05) is 18.6 Å². The molecule has 0 spiro atoms. The smallest absolute Gasteiger partial charge is 0.300 e. The fraction of sp³-hybridized carbons (Fsp3) is 0.185. The minimum atomic E-state index is -0.923. The predicted octanol–water partition coefficient (Wildman–Crippen LogP) is 4.35. The number of rotatable bonds is 4. The Labute approximate surface area is 196 Å². The van der Waals surface area contributed by atoms with Crippen LogP contribution in [0.4, 0.5) is 5.69 Å². The summed E-state index contributed by atoms with van der Waals surface area (Å²) in [5.74, 6) is -0.478. The van der Waals surface area contributed by atoms with Crippen LogP contribution in [0.3, 0.4) is 0 Å². The number of anilines is 1. The van der Waals surface area contributed by atoms with Gasteiger partial charge in [-0.1, -0.05) is 12.1 Å². The van der Waals surface area contributed by atoms with Gasteiger partial charge in [0.2, 0.25) is 0 Å². The molecule has 1 atom stereocenters. The van der Waals surface area contributed by atoms with Crippen LogP contribution in [0.25, 0.3) is 5.76 Å². The molecule has 2 aliphatic heterocycles. The molecule has 0 aliphatic carbocycles. The van der Waals surface area contributed by atoms with E-state index in [1.807, 2.05) is 0 Å². The van der Waals surface area contributed by atoms with Gasteiger partial charge in [-0.15, -0.1) is 0 Å². The van der Waals surface area contributed by atoms with Gasteiger partial charge < -0.3 is 19.7 Å². The van der Waals surface area contributed by atoms with Crippen molar-refractivity contribution in [1.29, 1.82) is 0 Å². The molecule has 34 heavy (non-hydrogen) atoms. The van der Waals surface area contributed by atoms with Gasteiger partial charge in [-0.3, -0.25) is 14.5 Å². The Morgan fingerprint density at radius 2 is 1.85 bits per heavy atom. The predicted molar refractivity (Wildman–Crippen MR) is 126 cm³/mol. The fourth-order valence-electron chi connectivity index (χ4n) is 4.52. The summed E-state index contributed by atoms with van der Waals surface area (Å²) in [5.41, 5.74) is 2.30. The summed E-state index contributed by atoms with van der Waals surface area (Å²) in [6, 6.07) is 17.4. The highest BCUT2D eigenvalue weighted by Crippen LogP contribution is 2.43. The highest BCUT2D eigenvalue weighted by Gasteiger charge is 2.47. The molecule has 3 aromatic carbocycles. The molecule has 7 nitrogen and oxygen atoms in total. The normalized spacial score (nSPS) is 19.0. The number of aliphatic hydroxyl groups is 1. The number of ketones is 1. The molecule has 1 amide bonds. The number of phenolic OH excluding ortho intramolecular Hbond substituents is 1. The number of methoxy groups -OCH3 is 1. The molecule has 5 rings (SSSR count). The van der Waals surface area contributed by atoms with Crippen molar-refractivity contribution in [2.45, 2.75) is 18.9 Å². The Hall–Kier alpha value is -4.26. The Bertz CT molecular complexity index is 1310. The van der Waals surface area contributed by atoms with Crippen LogP contribution < -0.4 is 14.4 Å². The summed E-state index contributed by atoms with van der Waals surface area (Å²) in [7, 11) is 1.54. The number of aliphatic hydroxyl groups excluding tert-OH is 1. The maximum atomic E-state index is 13.3. The zero-order chi connectivity index (χ0) is 23.8. The molecule has 0 saturated carbocycles. The number of fused-ring (bicyclic) bond motifs is 1. The zero-order valence-electron chi connectivity index (χ0n) is 18.5. The molecule has 1 fully saturated rings. The van der Waals surface area contributed by atoms with Crippen molar-refractivity contribution >= 4 is 23.1 Å². The van der Waals surface area contributed by atoms with Crippen molar-refractivity contribution < 1.29 is 29.3 Å². The van der Waals surface area contributed by atoms with E-state index in [0.29, 0.717) is 29.2 Å². The van der Waals surface area contributed by atoms with Gasteiger partial charge in [0.1, 0.15) is 23.0 Å². The summed E-state index contributed by atoms with van der Waals surface area (Å²) in [4.78, 5) is 27.8. The van der Waals surface area contributed by atoms with Crippen LogP contribution in [0, 0.1) is 0 Å². The number of ether oxygens (including phenoxy) is 2. The number of carbonyl (C=O) groups is 2. The molecule has 172 valence electrons. The van der Waals surface area contributed by atoms with E-state index in [-0.39, 0.29) is 17.1 Å². The number of aromatic hydroxyl groups is 1. The van der Waals surface area contributed by atoms with Crippen LogP contribution in [0.15, 0.2) is 72.3 Å². The molecule has 0 radical (unpaired) electrons. The third kappa shape index (κ3) is 3.65.